The van der Waals surface area contributed by atoms with Crippen molar-refractivity contribution in [3.8, 4) is 0 Å². The third-order valence-corrected chi connectivity index (χ3v) is 3.01. The van der Waals surface area contributed by atoms with Crippen molar-refractivity contribution in [2.75, 3.05) is 26.7 Å². The molecule has 5 nitrogen and oxygen atoms in total. The molecule has 0 aliphatic heterocycles. The van der Waals surface area contributed by atoms with Crippen LogP contribution in [0.5, 0.6) is 0 Å². The number of nitrogens with zero attached hydrogens (tertiary/aromatic N) is 1. The van der Waals surface area contributed by atoms with Crippen molar-refractivity contribution in [2.45, 2.75) is 12.8 Å². The van der Waals surface area contributed by atoms with Gasteiger partial charge in [0.15, 0.2) is 5.58 Å². The number of hydrogen-bond acceptors (Lipinski definition) is 4. The van der Waals surface area contributed by atoms with E-state index in [1.165, 1.54) is 5.56 Å². The summed E-state index contributed by atoms with van der Waals surface area (Å²) >= 11 is 0. The molecule has 1 heterocycles. The predicted octanol–water partition coefficient (Wildman–Crippen LogP) is 0.944. The molecule has 0 spiro atoms. The number of benzene rings is 1. The molecule has 0 fully saturated rings. The van der Waals surface area contributed by atoms with Crippen LogP contribution in [0.4, 0.5) is 0 Å². The Hall–Kier alpha value is -1.59. The Labute approximate surface area is 106 Å². The van der Waals surface area contributed by atoms with E-state index in [1.807, 2.05) is 18.2 Å². The molecule has 98 valence electrons. The number of H-pyrrole nitrogens is 1. The minimum atomic E-state index is -0.401. The molecule has 0 atom stereocenters. The Morgan fingerprint density at radius 2 is 2.22 bits per heavy atom. The molecular formula is C13H19N3O2. The van der Waals surface area contributed by atoms with Crippen LogP contribution in [0.2, 0.25) is 0 Å². The molecule has 2 aromatic rings. The van der Waals surface area contributed by atoms with Gasteiger partial charge in [-0.05, 0) is 50.7 Å². The second-order valence-corrected chi connectivity index (χ2v) is 4.54. The number of rotatable bonds is 6. The van der Waals surface area contributed by atoms with Crippen molar-refractivity contribution < 1.29 is 4.42 Å². The molecule has 0 unspecified atom stereocenters. The lowest BCUT2D eigenvalue weighted by Crippen LogP contribution is -2.24. The Kier molecular flexibility index (Phi) is 4.17. The summed E-state index contributed by atoms with van der Waals surface area (Å²) in [6, 6.07) is 5.80. The number of aromatic amines is 1. The van der Waals surface area contributed by atoms with Gasteiger partial charge in [-0.1, -0.05) is 6.07 Å². The maximum atomic E-state index is 11.0. The van der Waals surface area contributed by atoms with Gasteiger partial charge in [0, 0.05) is 6.54 Å². The van der Waals surface area contributed by atoms with Gasteiger partial charge in [0.2, 0.25) is 0 Å². The van der Waals surface area contributed by atoms with Gasteiger partial charge < -0.3 is 15.1 Å². The number of hydrogen-bond donors (Lipinski definition) is 2. The summed E-state index contributed by atoms with van der Waals surface area (Å²) < 4.78 is 4.97. The third-order valence-electron chi connectivity index (χ3n) is 3.01. The SMILES string of the molecule is CN(CCCN)CCc1ccc2oc(=O)[nH]c2c1. The lowest BCUT2D eigenvalue weighted by Gasteiger charge is -2.15. The monoisotopic (exact) mass is 249 g/mol. The quantitative estimate of drug-likeness (QED) is 0.799. The molecule has 1 aromatic heterocycles. The summed E-state index contributed by atoms with van der Waals surface area (Å²) in [5.74, 6) is -0.401. The van der Waals surface area contributed by atoms with Gasteiger partial charge in [-0.25, -0.2) is 4.79 Å². The van der Waals surface area contributed by atoms with Crippen LogP contribution in [0.15, 0.2) is 27.4 Å². The normalized spacial score (nSPS) is 11.5. The summed E-state index contributed by atoms with van der Waals surface area (Å²) in [6.45, 7) is 2.72. The van der Waals surface area contributed by atoms with Crippen molar-refractivity contribution in [1.29, 1.82) is 0 Å². The lowest BCUT2D eigenvalue weighted by molar-refractivity contribution is 0.335. The van der Waals surface area contributed by atoms with E-state index in [9.17, 15) is 4.79 Å². The van der Waals surface area contributed by atoms with E-state index in [-0.39, 0.29) is 0 Å². The largest absolute Gasteiger partial charge is 0.417 e. The number of likely N-dealkylation sites (N-methyl/N-ethyl adjacent to an activating group) is 1. The lowest BCUT2D eigenvalue weighted by atomic mass is 10.1. The number of aromatic nitrogens is 1. The van der Waals surface area contributed by atoms with Crippen molar-refractivity contribution in [3.63, 3.8) is 0 Å². The smallest absolute Gasteiger partial charge is 0.408 e. The number of fused-ring (bicyclic) bond motifs is 1. The van der Waals surface area contributed by atoms with Crippen LogP contribution >= 0.6 is 0 Å². The van der Waals surface area contributed by atoms with E-state index < -0.39 is 5.76 Å². The number of nitrogens with one attached hydrogen (secondary N) is 1. The first-order valence-corrected chi connectivity index (χ1v) is 6.19. The van der Waals surface area contributed by atoms with Gasteiger partial charge in [0.1, 0.15) is 0 Å². The molecule has 0 aliphatic carbocycles. The zero-order valence-electron chi connectivity index (χ0n) is 10.6. The molecule has 0 bridgehead atoms. The Balaban J connectivity index is 1.97. The van der Waals surface area contributed by atoms with Crippen LogP contribution in [-0.4, -0.2) is 36.6 Å². The zero-order valence-corrected chi connectivity index (χ0v) is 10.6. The van der Waals surface area contributed by atoms with E-state index in [4.69, 9.17) is 10.2 Å². The highest BCUT2D eigenvalue weighted by atomic mass is 16.4. The van der Waals surface area contributed by atoms with E-state index >= 15 is 0 Å². The van der Waals surface area contributed by atoms with E-state index in [0.717, 1.165) is 38.0 Å². The fourth-order valence-electron chi connectivity index (χ4n) is 1.95. The molecule has 0 saturated heterocycles. The molecule has 18 heavy (non-hydrogen) atoms. The van der Waals surface area contributed by atoms with Crippen molar-refractivity contribution in [2.24, 2.45) is 5.73 Å². The molecule has 5 heteroatoms. The average Bonchev–Trinajstić information content (AvgIpc) is 2.73. The molecule has 1 aromatic carbocycles. The minimum Gasteiger partial charge on any atom is -0.408 e. The summed E-state index contributed by atoms with van der Waals surface area (Å²) in [5, 5.41) is 0. The van der Waals surface area contributed by atoms with Crippen LogP contribution in [-0.2, 0) is 6.42 Å². The number of nitrogens with two attached hydrogens (primary N) is 1. The molecule has 2 rings (SSSR count). The highest BCUT2D eigenvalue weighted by Gasteiger charge is 2.03. The third kappa shape index (κ3) is 3.21. The number of oxazole rings is 1. The van der Waals surface area contributed by atoms with Crippen LogP contribution in [0.1, 0.15) is 12.0 Å². The second kappa shape index (κ2) is 5.84. The van der Waals surface area contributed by atoms with Gasteiger partial charge in [-0.3, -0.25) is 4.98 Å². The van der Waals surface area contributed by atoms with Crippen molar-refractivity contribution >= 4 is 11.1 Å². The molecule has 0 saturated carbocycles. The summed E-state index contributed by atoms with van der Waals surface area (Å²) in [5.41, 5.74) is 8.05. The maximum absolute atomic E-state index is 11.0. The van der Waals surface area contributed by atoms with E-state index in [1.54, 1.807) is 0 Å². The predicted molar refractivity (Wildman–Crippen MR) is 71.7 cm³/mol. The van der Waals surface area contributed by atoms with Gasteiger partial charge in [0.25, 0.3) is 0 Å². The van der Waals surface area contributed by atoms with Gasteiger partial charge in [-0.2, -0.15) is 0 Å². The van der Waals surface area contributed by atoms with Crippen molar-refractivity contribution in [1.82, 2.24) is 9.88 Å². The standard InChI is InChI=1S/C13H19N3O2/c1-16(7-2-6-14)8-5-10-3-4-12-11(9-10)15-13(17)18-12/h3-4,9H,2,5-8,14H2,1H3,(H,15,17). The topological polar surface area (TPSA) is 75.3 Å². The summed E-state index contributed by atoms with van der Waals surface area (Å²) in [4.78, 5) is 16.0. The first-order valence-electron chi connectivity index (χ1n) is 6.19. The Morgan fingerprint density at radius 1 is 1.39 bits per heavy atom. The molecule has 3 N–H and O–H groups in total. The van der Waals surface area contributed by atoms with Crippen LogP contribution in [0, 0.1) is 0 Å². The Morgan fingerprint density at radius 3 is 3.00 bits per heavy atom. The summed E-state index contributed by atoms with van der Waals surface area (Å²) in [7, 11) is 2.09. The van der Waals surface area contributed by atoms with E-state index in [0.29, 0.717) is 5.58 Å². The van der Waals surface area contributed by atoms with Crippen LogP contribution < -0.4 is 11.5 Å². The summed E-state index contributed by atoms with van der Waals surface area (Å²) in [6.07, 6.45) is 1.97. The minimum absolute atomic E-state index is 0.401. The van der Waals surface area contributed by atoms with E-state index in [2.05, 4.69) is 16.9 Å². The highest BCUT2D eigenvalue weighted by Crippen LogP contribution is 2.12. The zero-order chi connectivity index (χ0) is 13.0. The fraction of sp³-hybridized carbons (Fsp3) is 0.462. The Bertz CT molecular complexity index is 559. The maximum Gasteiger partial charge on any atom is 0.417 e. The fourth-order valence-corrected chi connectivity index (χ4v) is 1.95. The van der Waals surface area contributed by atoms with Crippen LogP contribution in [0.3, 0.4) is 0 Å². The second-order valence-electron chi connectivity index (χ2n) is 4.54. The van der Waals surface area contributed by atoms with Crippen LogP contribution in [0.25, 0.3) is 11.1 Å². The average molecular weight is 249 g/mol. The molecule has 0 radical (unpaired) electrons. The molecule has 0 amide bonds. The van der Waals surface area contributed by atoms with Gasteiger partial charge >= 0.3 is 5.76 Å². The van der Waals surface area contributed by atoms with Crippen molar-refractivity contribution in [3.05, 3.63) is 34.3 Å². The highest BCUT2D eigenvalue weighted by molar-refractivity contribution is 5.72. The first kappa shape index (κ1) is 12.9. The van der Waals surface area contributed by atoms with Gasteiger partial charge in [0.05, 0.1) is 5.52 Å². The first-order chi connectivity index (χ1) is 8.69. The molecule has 0 aliphatic rings. The van der Waals surface area contributed by atoms with Gasteiger partial charge in [-0.15, -0.1) is 0 Å². The molecular weight excluding hydrogens is 230 g/mol.